The van der Waals surface area contributed by atoms with Crippen molar-refractivity contribution in [2.75, 3.05) is 7.11 Å². The number of carbonyl (C=O) groups is 1. The van der Waals surface area contributed by atoms with E-state index < -0.39 is 17.1 Å². The van der Waals surface area contributed by atoms with Crippen LogP contribution in [0.1, 0.15) is 35.3 Å². The first kappa shape index (κ1) is 20.1. The minimum absolute atomic E-state index is 0.000640. The van der Waals surface area contributed by atoms with E-state index in [-0.39, 0.29) is 28.4 Å². The Morgan fingerprint density at radius 3 is 2.26 bits per heavy atom. The highest BCUT2D eigenvalue weighted by Crippen LogP contribution is 2.39. The van der Waals surface area contributed by atoms with Gasteiger partial charge in [0, 0.05) is 6.07 Å². The fourth-order valence-corrected chi connectivity index (χ4v) is 2.34. The molecule has 0 aromatic heterocycles. The topological polar surface area (TPSA) is 107 Å². The van der Waals surface area contributed by atoms with E-state index in [4.69, 9.17) is 4.74 Å². The summed E-state index contributed by atoms with van der Waals surface area (Å²) >= 11 is 0. The smallest absolute Gasteiger partial charge is 0.193 e. The summed E-state index contributed by atoms with van der Waals surface area (Å²) in [6.45, 7) is 3.07. The minimum Gasteiger partial charge on any atom is -0.508 e. The number of ketones is 1. The van der Waals surface area contributed by atoms with Gasteiger partial charge in [0.05, 0.1) is 18.3 Å². The number of benzene rings is 2. The molecule has 0 radical (unpaired) electrons. The van der Waals surface area contributed by atoms with Crippen molar-refractivity contribution in [2.45, 2.75) is 19.4 Å². The minimum atomic E-state index is -1.16. The molecule has 0 spiro atoms. The molecule has 0 unspecified atom stereocenters. The van der Waals surface area contributed by atoms with Gasteiger partial charge in [-0.15, -0.1) is 0 Å². The molecule has 0 aliphatic carbocycles. The molecule has 0 fully saturated rings. The van der Waals surface area contributed by atoms with E-state index in [9.17, 15) is 25.2 Å². The van der Waals surface area contributed by atoms with Crippen molar-refractivity contribution in [3.8, 4) is 23.0 Å². The van der Waals surface area contributed by atoms with E-state index in [0.29, 0.717) is 5.56 Å². The number of rotatable bonds is 6. The molecular formula is C21H22O6. The van der Waals surface area contributed by atoms with Crippen LogP contribution in [-0.4, -0.2) is 38.9 Å². The van der Waals surface area contributed by atoms with Crippen molar-refractivity contribution in [3.05, 3.63) is 59.2 Å². The quantitative estimate of drug-likeness (QED) is 0.458. The van der Waals surface area contributed by atoms with Crippen molar-refractivity contribution < 1.29 is 30.0 Å². The Balaban J connectivity index is 2.46. The maximum atomic E-state index is 12.6. The van der Waals surface area contributed by atoms with Gasteiger partial charge in [-0.05, 0) is 43.7 Å². The normalized spacial score (nSPS) is 12.0. The number of ether oxygens (including phenoxy) is 1. The largest absolute Gasteiger partial charge is 0.508 e. The molecule has 6 nitrogen and oxygen atoms in total. The van der Waals surface area contributed by atoms with Crippen LogP contribution < -0.4 is 4.74 Å². The van der Waals surface area contributed by atoms with Gasteiger partial charge in [0.1, 0.15) is 28.6 Å². The highest BCUT2D eigenvalue weighted by atomic mass is 16.5. The number of methoxy groups -OCH3 is 1. The van der Waals surface area contributed by atoms with Gasteiger partial charge in [-0.2, -0.15) is 0 Å². The summed E-state index contributed by atoms with van der Waals surface area (Å²) in [5.74, 6) is -1.14. The Hall–Kier alpha value is -3.25. The van der Waals surface area contributed by atoms with Crippen LogP contribution in [0.25, 0.3) is 12.2 Å². The monoisotopic (exact) mass is 370 g/mol. The molecule has 2 aromatic rings. The standard InChI is InChI=1S/C21H22O6/c1-21(2,26)11-10-15-17(24)12-18(27-3)19(20(15)25)16(23)9-6-13-4-7-14(22)8-5-13/h4-12,22,24-26H,1-3H3/b9-6+,11-10-. The SMILES string of the molecule is COc1cc(O)c(/C=C\C(C)(C)O)c(O)c1C(=O)/C=C/c1ccc(O)cc1. The summed E-state index contributed by atoms with van der Waals surface area (Å²) in [7, 11) is 1.32. The first-order valence-corrected chi connectivity index (χ1v) is 8.18. The van der Waals surface area contributed by atoms with Crippen molar-refractivity contribution in [3.63, 3.8) is 0 Å². The summed E-state index contributed by atoms with van der Waals surface area (Å²) < 4.78 is 5.12. The van der Waals surface area contributed by atoms with Gasteiger partial charge in [-0.1, -0.05) is 24.3 Å². The Morgan fingerprint density at radius 1 is 1.07 bits per heavy atom. The van der Waals surface area contributed by atoms with Crippen LogP contribution in [0.2, 0.25) is 0 Å². The van der Waals surface area contributed by atoms with Crippen LogP contribution >= 0.6 is 0 Å². The Labute approximate surface area is 157 Å². The predicted molar refractivity (Wildman–Crippen MR) is 103 cm³/mol. The van der Waals surface area contributed by atoms with Crippen molar-refractivity contribution in [2.24, 2.45) is 0 Å². The summed E-state index contributed by atoms with van der Waals surface area (Å²) in [5.41, 5.74) is -0.595. The van der Waals surface area contributed by atoms with E-state index in [1.807, 2.05) is 0 Å². The van der Waals surface area contributed by atoms with E-state index in [2.05, 4.69) is 0 Å². The highest BCUT2D eigenvalue weighted by Gasteiger charge is 2.21. The van der Waals surface area contributed by atoms with Gasteiger partial charge in [-0.3, -0.25) is 4.79 Å². The average molecular weight is 370 g/mol. The third-order valence-corrected chi connectivity index (χ3v) is 3.73. The summed E-state index contributed by atoms with van der Waals surface area (Å²) in [4.78, 5) is 12.6. The number of allylic oxidation sites excluding steroid dienone is 1. The first-order chi connectivity index (χ1) is 12.6. The third kappa shape index (κ3) is 5.12. The maximum absolute atomic E-state index is 12.6. The molecule has 0 atom stereocenters. The van der Waals surface area contributed by atoms with Gasteiger partial charge in [0.15, 0.2) is 5.78 Å². The molecule has 0 aliphatic rings. The van der Waals surface area contributed by atoms with Gasteiger partial charge in [0.25, 0.3) is 0 Å². The highest BCUT2D eigenvalue weighted by molar-refractivity contribution is 6.11. The molecule has 0 bridgehead atoms. The Morgan fingerprint density at radius 2 is 1.70 bits per heavy atom. The first-order valence-electron chi connectivity index (χ1n) is 8.18. The summed E-state index contributed by atoms with van der Waals surface area (Å²) in [6.07, 6.45) is 5.50. The zero-order valence-electron chi connectivity index (χ0n) is 15.3. The predicted octanol–water partition coefficient (Wildman–Crippen LogP) is 3.49. The van der Waals surface area contributed by atoms with Crippen LogP contribution in [0, 0.1) is 0 Å². The molecule has 0 aliphatic heterocycles. The molecule has 6 heteroatoms. The molecule has 2 aromatic carbocycles. The second-order valence-electron chi connectivity index (χ2n) is 6.51. The van der Waals surface area contributed by atoms with Crippen LogP contribution in [0.5, 0.6) is 23.0 Å². The Bertz CT molecular complexity index is 886. The van der Waals surface area contributed by atoms with Crippen LogP contribution in [0.4, 0.5) is 0 Å². The lowest BCUT2D eigenvalue weighted by Gasteiger charge is -2.14. The van der Waals surface area contributed by atoms with E-state index in [0.717, 1.165) is 0 Å². The summed E-state index contributed by atoms with van der Waals surface area (Å²) in [6, 6.07) is 7.46. The molecule has 142 valence electrons. The lowest BCUT2D eigenvalue weighted by molar-refractivity contribution is 0.104. The molecule has 0 amide bonds. The number of hydrogen-bond donors (Lipinski definition) is 4. The average Bonchev–Trinajstić information content (AvgIpc) is 2.59. The van der Waals surface area contributed by atoms with Crippen molar-refractivity contribution in [1.29, 1.82) is 0 Å². The van der Waals surface area contributed by atoms with Crippen molar-refractivity contribution in [1.82, 2.24) is 0 Å². The van der Waals surface area contributed by atoms with Crippen molar-refractivity contribution >= 4 is 17.9 Å². The van der Waals surface area contributed by atoms with E-state index in [1.54, 1.807) is 12.1 Å². The van der Waals surface area contributed by atoms with E-state index in [1.165, 1.54) is 63.5 Å². The molecule has 0 saturated heterocycles. The Kier molecular flexibility index (Phi) is 5.92. The van der Waals surface area contributed by atoms with Crippen LogP contribution in [0.3, 0.4) is 0 Å². The van der Waals surface area contributed by atoms with Gasteiger partial charge >= 0.3 is 0 Å². The van der Waals surface area contributed by atoms with E-state index >= 15 is 0 Å². The molecule has 27 heavy (non-hydrogen) atoms. The lowest BCUT2D eigenvalue weighted by Crippen LogP contribution is -2.13. The van der Waals surface area contributed by atoms with Gasteiger partial charge in [0.2, 0.25) is 0 Å². The molecular weight excluding hydrogens is 348 g/mol. The number of aromatic hydroxyl groups is 3. The number of phenols is 3. The fourth-order valence-electron chi connectivity index (χ4n) is 2.34. The van der Waals surface area contributed by atoms with Gasteiger partial charge < -0.3 is 25.2 Å². The lowest BCUT2D eigenvalue weighted by atomic mass is 9.99. The maximum Gasteiger partial charge on any atom is 0.193 e. The molecule has 2 rings (SSSR count). The third-order valence-electron chi connectivity index (χ3n) is 3.73. The second-order valence-corrected chi connectivity index (χ2v) is 6.51. The zero-order valence-corrected chi connectivity index (χ0v) is 15.3. The second kappa shape index (κ2) is 7.97. The van der Waals surface area contributed by atoms with Gasteiger partial charge in [-0.25, -0.2) is 0 Å². The number of carbonyl (C=O) groups excluding carboxylic acids is 1. The number of phenolic OH excluding ortho intramolecular Hbond substituents is 3. The number of aliphatic hydroxyl groups is 1. The molecule has 0 saturated carbocycles. The fraction of sp³-hybridized carbons (Fsp3) is 0.190. The van der Waals surface area contributed by atoms with Crippen LogP contribution in [-0.2, 0) is 0 Å². The molecule has 0 heterocycles. The molecule has 4 N–H and O–H groups in total. The number of hydrogen-bond acceptors (Lipinski definition) is 6. The van der Waals surface area contributed by atoms with Crippen LogP contribution in [0.15, 0.2) is 42.5 Å². The summed E-state index contributed by atoms with van der Waals surface area (Å²) in [5, 5.41) is 39.7. The zero-order chi connectivity index (χ0) is 20.2.